The van der Waals surface area contributed by atoms with Crippen molar-refractivity contribution in [3.05, 3.63) is 39.7 Å². The second-order valence-corrected chi connectivity index (χ2v) is 5.15. The Labute approximate surface area is 126 Å². The van der Waals surface area contributed by atoms with Gasteiger partial charge in [-0.15, -0.1) is 0 Å². The van der Waals surface area contributed by atoms with Gasteiger partial charge in [0.15, 0.2) is 17.5 Å². The molecule has 0 aliphatic rings. The number of aryl methyl sites for hydroxylation is 1. The van der Waals surface area contributed by atoms with Gasteiger partial charge in [-0.2, -0.15) is 13.2 Å². The molecule has 0 bridgehead atoms. The first-order chi connectivity index (χ1) is 9.74. The Bertz CT molecular complexity index is 686. The van der Waals surface area contributed by atoms with E-state index in [1.807, 2.05) is 0 Å². The molecule has 0 aliphatic heterocycles. The summed E-state index contributed by atoms with van der Waals surface area (Å²) in [4.78, 5) is 7.63. The largest absolute Gasteiger partial charge is 0.417 e. The Hall–Kier alpha value is -1.70. The van der Waals surface area contributed by atoms with Gasteiger partial charge in [0.05, 0.1) is 11.3 Å². The van der Waals surface area contributed by atoms with E-state index in [9.17, 15) is 17.6 Å². The number of anilines is 1. The Morgan fingerprint density at radius 2 is 1.86 bits per heavy atom. The van der Waals surface area contributed by atoms with Crippen LogP contribution in [0, 0.1) is 12.7 Å². The summed E-state index contributed by atoms with van der Waals surface area (Å²) in [6, 6.07) is 3.64. The second-order valence-electron chi connectivity index (χ2n) is 4.23. The highest BCUT2D eigenvalue weighted by molar-refractivity contribution is 9.10. The van der Waals surface area contributed by atoms with E-state index in [2.05, 4.69) is 31.2 Å². The molecule has 1 N–H and O–H groups in total. The van der Waals surface area contributed by atoms with Crippen molar-refractivity contribution in [2.75, 3.05) is 12.4 Å². The van der Waals surface area contributed by atoms with E-state index in [0.29, 0.717) is 0 Å². The zero-order valence-corrected chi connectivity index (χ0v) is 12.6. The molecule has 21 heavy (non-hydrogen) atoms. The van der Waals surface area contributed by atoms with Crippen molar-refractivity contribution in [2.24, 2.45) is 0 Å². The monoisotopic (exact) mass is 363 g/mol. The van der Waals surface area contributed by atoms with Gasteiger partial charge in [-0.05, 0) is 25.1 Å². The van der Waals surface area contributed by atoms with Crippen LogP contribution in [0.3, 0.4) is 0 Å². The molecule has 0 saturated heterocycles. The van der Waals surface area contributed by atoms with Crippen molar-refractivity contribution in [1.82, 2.24) is 9.97 Å². The maximum absolute atomic E-state index is 13.7. The average Bonchev–Trinajstić information content (AvgIpc) is 2.40. The molecule has 2 aromatic rings. The highest BCUT2D eigenvalue weighted by atomic mass is 79.9. The summed E-state index contributed by atoms with van der Waals surface area (Å²) in [6.07, 6.45) is -4.56. The number of alkyl halides is 3. The van der Waals surface area contributed by atoms with Crippen LogP contribution in [0.25, 0.3) is 11.4 Å². The van der Waals surface area contributed by atoms with Gasteiger partial charge < -0.3 is 5.32 Å². The second kappa shape index (κ2) is 5.59. The quantitative estimate of drug-likeness (QED) is 0.802. The van der Waals surface area contributed by atoms with Crippen LogP contribution < -0.4 is 5.32 Å². The summed E-state index contributed by atoms with van der Waals surface area (Å²) in [5.74, 6) is -1.02. The van der Waals surface area contributed by atoms with Crippen molar-refractivity contribution in [2.45, 2.75) is 13.1 Å². The lowest BCUT2D eigenvalue weighted by molar-refractivity contribution is -0.137. The van der Waals surface area contributed by atoms with Crippen LogP contribution in [0.15, 0.2) is 22.7 Å². The molecule has 0 unspecified atom stereocenters. The van der Waals surface area contributed by atoms with Crippen LogP contribution in [0.1, 0.15) is 11.3 Å². The van der Waals surface area contributed by atoms with Crippen LogP contribution >= 0.6 is 15.9 Å². The molecule has 0 atom stereocenters. The molecule has 0 radical (unpaired) electrons. The zero-order chi connectivity index (χ0) is 15.8. The normalized spacial score (nSPS) is 11.6. The van der Waals surface area contributed by atoms with Crippen molar-refractivity contribution in [3.8, 4) is 11.4 Å². The molecule has 1 aromatic carbocycles. The van der Waals surface area contributed by atoms with Gasteiger partial charge in [0.25, 0.3) is 0 Å². The van der Waals surface area contributed by atoms with Crippen molar-refractivity contribution < 1.29 is 17.6 Å². The highest BCUT2D eigenvalue weighted by Crippen LogP contribution is 2.38. The lowest BCUT2D eigenvalue weighted by atomic mass is 10.1. The Balaban J connectivity index is 2.70. The third-order valence-electron chi connectivity index (χ3n) is 2.78. The average molecular weight is 364 g/mol. The number of halogens is 5. The van der Waals surface area contributed by atoms with Crippen molar-refractivity contribution in [3.63, 3.8) is 0 Å². The maximum atomic E-state index is 13.7. The first-order valence-corrected chi connectivity index (χ1v) is 6.62. The van der Waals surface area contributed by atoms with E-state index in [4.69, 9.17) is 0 Å². The Kier molecular flexibility index (Phi) is 4.18. The van der Waals surface area contributed by atoms with Gasteiger partial charge in [0.2, 0.25) is 0 Å². The minimum Gasteiger partial charge on any atom is -0.371 e. The van der Waals surface area contributed by atoms with Crippen LogP contribution in [-0.2, 0) is 6.18 Å². The Morgan fingerprint density at radius 1 is 1.19 bits per heavy atom. The molecule has 1 aromatic heterocycles. The number of hydrogen-bond donors (Lipinski definition) is 1. The fourth-order valence-corrected chi connectivity index (χ4v) is 2.15. The van der Waals surface area contributed by atoms with Crippen LogP contribution in [0.2, 0.25) is 0 Å². The molecule has 1 heterocycles. The van der Waals surface area contributed by atoms with E-state index in [-0.39, 0.29) is 27.4 Å². The highest BCUT2D eigenvalue weighted by Gasteiger charge is 2.34. The third-order valence-corrected chi connectivity index (χ3v) is 3.27. The third kappa shape index (κ3) is 3.15. The SMILES string of the molecule is CNc1nc(-c2ccc(Br)cc2C(F)(F)F)nc(C)c1F. The zero-order valence-electron chi connectivity index (χ0n) is 11.0. The molecule has 3 nitrogen and oxygen atoms in total. The smallest absolute Gasteiger partial charge is 0.371 e. The van der Waals surface area contributed by atoms with Crippen LogP contribution in [-0.4, -0.2) is 17.0 Å². The molecule has 0 aliphatic carbocycles. The number of hydrogen-bond acceptors (Lipinski definition) is 3. The summed E-state index contributed by atoms with van der Waals surface area (Å²) >= 11 is 3.00. The van der Waals surface area contributed by atoms with Crippen LogP contribution in [0.5, 0.6) is 0 Å². The first kappa shape index (κ1) is 15.7. The van der Waals surface area contributed by atoms with E-state index in [0.717, 1.165) is 6.07 Å². The first-order valence-electron chi connectivity index (χ1n) is 5.83. The molecular formula is C13H10BrF4N3. The summed E-state index contributed by atoms with van der Waals surface area (Å²) in [7, 11) is 1.43. The van der Waals surface area contributed by atoms with E-state index < -0.39 is 17.6 Å². The standard InChI is InChI=1S/C13H10BrF4N3/c1-6-10(15)12(19-2)21-11(20-6)8-4-3-7(14)5-9(8)13(16,17)18/h3-5H,1-2H3,(H,19,20,21). The van der Waals surface area contributed by atoms with Gasteiger partial charge in [-0.3, -0.25) is 0 Å². The van der Waals surface area contributed by atoms with E-state index >= 15 is 0 Å². The predicted octanol–water partition coefficient (Wildman–Crippen LogP) is 4.41. The lowest BCUT2D eigenvalue weighted by Gasteiger charge is -2.14. The summed E-state index contributed by atoms with van der Waals surface area (Å²) in [5, 5.41) is 2.50. The fraction of sp³-hybridized carbons (Fsp3) is 0.231. The summed E-state index contributed by atoms with van der Waals surface area (Å²) in [6.45, 7) is 1.37. The topological polar surface area (TPSA) is 37.8 Å². The maximum Gasteiger partial charge on any atom is 0.417 e. The predicted molar refractivity (Wildman–Crippen MR) is 74.4 cm³/mol. The molecule has 0 fully saturated rings. The van der Waals surface area contributed by atoms with Gasteiger partial charge in [0.1, 0.15) is 0 Å². The van der Waals surface area contributed by atoms with Gasteiger partial charge >= 0.3 is 6.18 Å². The number of nitrogens with zero attached hydrogens (tertiary/aromatic N) is 2. The summed E-state index contributed by atoms with van der Waals surface area (Å²) < 4.78 is 53.3. The number of aromatic nitrogens is 2. The van der Waals surface area contributed by atoms with Gasteiger partial charge in [-0.1, -0.05) is 15.9 Å². The molecule has 8 heteroatoms. The Morgan fingerprint density at radius 3 is 2.43 bits per heavy atom. The number of benzene rings is 1. The lowest BCUT2D eigenvalue weighted by Crippen LogP contribution is -2.10. The minimum absolute atomic E-state index is 0.0274. The molecule has 112 valence electrons. The fourth-order valence-electron chi connectivity index (χ4n) is 1.79. The van der Waals surface area contributed by atoms with Crippen molar-refractivity contribution in [1.29, 1.82) is 0 Å². The van der Waals surface area contributed by atoms with Crippen LogP contribution in [0.4, 0.5) is 23.4 Å². The minimum atomic E-state index is -4.56. The van der Waals surface area contributed by atoms with E-state index in [1.165, 1.54) is 26.1 Å². The van der Waals surface area contributed by atoms with Gasteiger partial charge in [-0.25, -0.2) is 14.4 Å². The van der Waals surface area contributed by atoms with Gasteiger partial charge in [0, 0.05) is 17.1 Å². The molecule has 0 amide bonds. The molecule has 0 saturated carbocycles. The molecule has 0 spiro atoms. The summed E-state index contributed by atoms with van der Waals surface area (Å²) in [5.41, 5.74) is -1.12. The van der Waals surface area contributed by atoms with E-state index in [1.54, 1.807) is 0 Å². The number of nitrogens with one attached hydrogen (secondary N) is 1. The van der Waals surface area contributed by atoms with Crippen molar-refractivity contribution >= 4 is 21.7 Å². The molecular weight excluding hydrogens is 354 g/mol. The molecule has 2 rings (SSSR count). The number of rotatable bonds is 2.